The van der Waals surface area contributed by atoms with Crippen molar-refractivity contribution in [2.24, 2.45) is 16.7 Å². The van der Waals surface area contributed by atoms with Gasteiger partial charge in [-0.2, -0.15) is 0 Å². The van der Waals surface area contributed by atoms with Gasteiger partial charge in [0.2, 0.25) is 0 Å². The maximum absolute atomic E-state index is 14.1. The number of rotatable bonds is 2. The second-order valence-electron chi connectivity index (χ2n) is 7.09. The third kappa shape index (κ3) is 1.87. The molecule has 0 amide bonds. The average Bonchev–Trinajstić information content (AvgIpc) is 2.81. The fraction of sp³-hybridized carbons (Fsp3) is 0.625. The van der Waals surface area contributed by atoms with Gasteiger partial charge in [0.1, 0.15) is 0 Å². The van der Waals surface area contributed by atoms with E-state index in [2.05, 4.69) is 26.1 Å². The molecule has 0 spiro atoms. The molecule has 0 aromatic heterocycles. The van der Waals surface area contributed by atoms with Crippen LogP contribution in [0.3, 0.4) is 0 Å². The summed E-state index contributed by atoms with van der Waals surface area (Å²) in [6.45, 7) is 6.95. The maximum atomic E-state index is 14.1. The topological polar surface area (TPSA) is 12.0 Å². The lowest BCUT2D eigenvalue weighted by Gasteiger charge is -2.43. The van der Waals surface area contributed by atoms with Gasteiger partial charge in [0.05, 0.1) is 10.7 Å². The van der Waals surface area contributed by atoms with Gasteiger partial charge in [0, 0.05) is 6.04 Å². The van der Waals surface area contributed by atoms with Gasteiger partial charge in [-0.15, -0.1) is 0 Å². The molecule has 3 atom stereocenters. The molecule has 2 saturated carbocycles. The van der Waals surface area contributed by atoms with E-state index in [0.29, 0.717) is 11.7 Å². The van der Waals surface area contributed by atoms with Crippen LogP contribution in [0.2, 0.25) is 5.02 Å². The molecule has 1 unspecified atom stereocenters. The lowest BCUT2D eigenvalue weighted by atomic mass is 9.68. The number of nitrogens with one attached hydrogen (secondary N) is 1. The molecule has 2 aliphatic rings. The minimum absolute atomic E-state index is 0.191. The van der Waals surface area contributed by atoms with Crippen LogP contribution in [0, 0.1) is 22.6 Å². The molecule has 2 fully saturated rings. The van der Waals surface area contributed by atoms with E-state index in [0.717, 1.165) is 5.92 Å². The van der Waals surface area contributed by atoms with Gasteiger partial charge in [-0.1, -0.05) is 38.4 Å². The van der Waals surface area contributed by atoms with Crippen molar-refractivity contribution in [3.8, 4) is 0 Å². The molecule has 2 bridgehead atoms. The van der Waals surface area contributed by atoms with Crippen molar-refractivity contribution < 1.29 is 4.39 Å². The van der Waals surface area contributed by atoms with Gasteiger partial charge in [0.15, 0.2) is 5.82 Å². The first-order valence-corrected chi connectivity index (χ1v) is 7.43. The predicted octanol–water partition coefficient (Wildman–Crippen LogP) is 5.11. The number of anilines is 1. The molecule has 1 N–H and O–H groups in total. The zero-order valence-electron chi connectivity index (χ0n) is 11.8. The minimum atomic E-state index is -0.327. The van der Waals surface area contributed by atoms with Crippen molar-refractivity contribution in [3.63, 3.8) is 0 Å². The van der Waals surface area contributed by atoms with Crippen LogP contribution in [0.1, 0.15) is 40.0 Å². The normalized spacial score (nSPS) is 35.6. The van der Waals surface area contributed by atoms with E-state index in [9.17, 15) is 4.39 Å². The number of halogens is 2. The molecule has 19 heavy (non-hydrogen) atoms. The summed E-state index contributed by atoms with van der Waals surface area (Å²) in [5, 5.41) is 3.64. The number of fused-ring (bicyclic) bond motifs is 2. The van der Waals surface area contributed by atoms with Gasteiger partial charge >= 0.3 is 0 Å². The van der Waals surface area contributed by atoms with Crippen LogP contribution in [0.4, 0.5) is 10.1 Å². The third-order valence-electron chi connectivity index (χ3n) is 5.52. The van der Waals surface area contributed by atoms with Crippen LogP contribution in [0.15, 0.2) is 18.2 Å². The van der Waals surface area contributed by atoms with Crippen LogP contribution in [0.25, 0.3) is 0 Å². The highest BCUT2D eigenvalue weighted by atomic mass is 35.5. The monoisotopic (exact) mass is 281 g/mol. The first-order chi connectivity index (χ1) is 8.84. The van der Waals surface area contributed by atoms with Crippen molar-refractivity contribution in [2.75, 3.05) is 5.32 Å². The SMILES string of the molecule is CC1(C)C(Nc2cccc(Cl)c2F)[C@]2(C)CC[C@H]1C2. The fourth-order valence-electron chi connectivity index (χ4n) is 4.43. The van der Waals surface area contributed by atoms with Gasteiger partial charge < -0.3 is 5.32 Å². The van der Waals surface area contributed by atoms with Crippen molar-refractivity contribution >= 4 is 17.3 Å². The van der Waals surface area contributed by atoms with Gasteiger partial charge in [-0.3, -0.25) is 0 Å². The second-order valence-corrected chi connectivity index (χ2v) is 7.50. The summed E-state index contributed by atoms with van der Waals surface area (Å²) >= 11 is 5.87. The number of hydrogen-bond donors (Lipinski definition) is 1. The number of hydrogen-bond acceptors (Lipinski definition) is 1. The Morgan fingerprint density at radius 2 is 2.05 bits per heavy atom. The smallest absolute Gasteiger partial charge is 0.164 e. The Hall–Kier alpha value is -0.760. The van der Waals surface area contributed by atoms with E-state index in [1.165, 1.54) is 19.3 Å². The van der Waals surface area contributed by atoms with E-state index >= 15 is 0 Å². The Morgan fingerprint density at radius 1 is 1.32 bits per heavy atom. The standard InChI is InChI=1S/C16H21ClFN/c1-15(2)10-7-8-16(3,9-10)14(15)19-12-6-4-5-11(17)13(12)18/h4-6,10,14,19H,7-9H2,1-3H3/t10-,14?,16+/m0/s1. The van der Waals surface area contributed by atoms with Crippen molar-refractivity contribution in [2.45, 2.75) is 46.1 Å². The molecule has 1 aromatic rings. The van der Waals surface area contributed by atoms with E-state index in [1.807, 2.05) is 0 Å². The molecule has 1 nitrogen and oxygen atoms in total. The van der Waals surface area contributed by atoms with E-state index in [-0.39, 0.29) is 21.7 Å². The Labute approximate surface area is 119 Å². The zero-order valence-corrected chi connectivity index (χ0v) is 12.5. The molecule has 0 heterocycles. The summed E-state index contributed by atoms with van der Waals surface area (Å²) in [4.78, 5) is 0. The molecular formula is C16H21ClFN. The summed E-state index contributed by atoms with van der Waals surface area (Å²) in [5.41, 5.74) is 1.03. The number of benzene rings is 1. The first-order valence-electron chi connectivity index (χ1n) is 7.05. The van der Waals surface area contributed by atoms with Crippen LogP contribution in [0.5, 0.6) is 0 Å². The highest BCUT2D eigenvalue weighted by Crippen LogP contribution is 2.63. The highest BCUT2D eigenvalue weighted by Gasteiger charge is 2.59. The molecule has 3 heteroatoms. The lowest BCUT2D eigenvalue weighted by molar-refractivity contribution is 0.155. The van der Waals surface area contributed by atoms with Crippen LogP contribution >= 0.6 is 11.6 Å². The zero-order chi connectivity index (χ0) is 13.8. The largest absolute Gasteiger partial charge is 0.379 e. The summed E-state index contributed by atoms with van der Waals surface area (Å²) in [5.74, 6) is 0.420. The van der Waals surface area contributed by atoms with Gasteiger partial charge in [-0.25, -0.2) is 4.39 Å². The Kier molecular flexibility index (Phi) is 2.87. The molecular weight excluding hydrogens is 261 g/mol. The quantitative estimate of drug-likeness (QED) is 0.795. The predicted molar refractivity (Wildman–Crippen MR) is 78.0 cm³/mol. The molecule has 0 radical (unpaired) electrons. The highest BCUT2D eigenvalue weighted by molar-refractivity contribution is 6.31. The lowest BCUT2D eigenvalue weighted by Crippen LogP contribution is -2.45. The minimum Gasteiger partial charge on any atom is -0.379 e. The Bertz CT molecular complexity index is 509. The van der Waals surface area contributed by atoms with Crippen LogP contribution < -0.4 is 5.32 Å². The fourth-order valence-corrected chi connectivity index (χ4v) is 4.61. The average molecular weight is 282 g/mol. The summed E-state index contributed by atoms with van der Waals surface area (Å²) in [6, 6.07) is 5.49. The second kappa shape index (κ2) is 4.12. The molecule has 1 aromatic carbocycles. The maximum Gasteiger partial charge on any atom is 0.164 e. The van der Waals surface area contributed by atoms with Crippen molar-refractivity contribution in [1.29, 1.82) is 0 Å². The summed E-state index contributed by atoms with van der Waals surface area (Å²) in [6.07, 6.45) is 3.79. The molecule has 3 rings (SSSR count). The van der Waals surface area contributed by atoms with Gasteiger partial charge in [0.25, 0.3) is 0 Å². The van der Waals surface area contributed by atoms with E-state index in [1.54, 1.807) is 18.2 Å². The van der Waals surface area contributed by atoms with E-state index < -0.39 is 0 Å². The molecule has 0 aliphatic heterocycles. The van der Waals surface area contributed by atoms with Crippen LogP contribution in [-0.4, -0.2) is 6.04 Å². The van der Waals surface area contributed by atoms with Crippen molar-refractivity contribution in [3.05, 3.63) is 29.0 Å². The first kappa shape index (κ1) is 13.2. The van der Waals surface area contributed by atoms with E-state index in [4.69, 9.17) is 11.6 Å². The Balaban J connectivity index is 1.93. The van der Waals surface area contributed by atoms with Gasteiger partial charge in [-0.05, 0) is 48.1 Å². The molecule has 2 aliphatic carbocycles. The van der Waals surface area contributed by atoms with Crippen molar-refractivity contribution in [1.82, 2.24) is 0 Å². The van der Waals surface area contributed by atoms with Crippen LogP contribution in [-0.2, 0) is 0 Å². The Morgan fingerprint density at radius 3 is 2.68 bits per heavy atom. The third-order valence-corrected chi connectivity index (χ3v) is 5.81. The summed E-state index contributed by atoms with van der Waals surface area (Å²) < 4.78 is 14.1. The molecule has 104 valence electrons. The summed E-state index contributed by atoms with van der Waals surface area (Å²) in [7, 11) is 0. The molecule has 0 saturated heterocycles.